The van der Waals surface area contributed by atoms with E-state index in [0.717, 1.165) is 17.7 Å². The van der Waals surface area contributed by atoms with E-state index in [1.54, 1.807) is 0 Å². The van der Waals surface area contributed by atoms with Crippen molar-refractivity contribution in [3.63, 3.8) is 0 Å². The maximum Gasteiger partial charge on any atom is 0.0798 e. The lowest BCUT2D eigenvalue weighted by Gasteiger charge is -2.14. The summed E-state index contributed by atoms with van der Waals surface area (Å²) in [5.74, 6) is 1.12. The molecule has 1 unspecified atom stereocenters. The van der Waals surface area contributed by atoms with Crippen molar-refractivity contribution in [3.05, 3.63) is 29.3 Å². The molecule has 0 bridgehead atoms. The molecule has 0 saturated heterocycles. The summed E-state index contributed by atoms with van der Waals surface area (Å²) < 4.78 is 0. The molecule has 0 radical (unpaired) electrons. The molecule has 1 aromatic carbocycles. The number of rotatable bonds is 5. The van der Waals surface area contributed by atoms with Crippen LogP contribution in [0, 0.1) is 6.92 Å². The van der Waals surface area contributed by atoms with Gasteiger partial charge in [0.1, 0.15) is 0 Å². The molecule has 15 heavy (non-hydrogen) atoms. The molecule has 0 aromatic heterocycles. The number of hydrogen-bond donors (Lipinski definition) is 1. The molecule has 1 aromatic rings. The normalized spacial score (nSPS) is 12.8. The van der Waals surface area contributed by atoms with Crippen LogP contribution in [0.5, 0.6) is 0 Å². The van der Waals surface area contributed by atoms with Crippen LogP contribution in [0.25, 0.3) is 0 Å². The summed E-state index contributed by atoms with van der Waals surface area (Å²) in [6.07, 6.45) is 1.63. The maximum absolute atomic E-state index is 9.92. The van der Waals surface area contributed by atoms with Gasteiger partial charge in [0.2, 0.25) is 0 Å². The Kier molecular flexibility index (Phi) is 5.20. The second-order valence-electron chi connectivity index (χ2n) is 3.81. The van der Waals surface area contributed by atoms with E-state index < -0.39 is 0 Å². The Morgan fingerprint density at radius 2 is 2.07 bits per heavy atom. The third-order valence-corrected chi connectivity index (χ3v) is 3.67. The Bertz CT molecular complexity index is 309. The van der Waals surface area contributed by atoms with Crippen LogP contribution >= 0.6 is 11.8 Å². The Labute approximate surface area is 96.9 Å². The van der Waals surface area contributed by atoms with E-state index in [-0.39, 0.29) is 6.10 Å². The molecule has 2 heteroatoms. The van der Waals surface area contributed by atoms with Gasteiger partial charge in [-0.05, 0) is 37.1 Å². The average molecular weight is 224 g/mol. The van der Waals surface area contributed by atoms with Crippen molar-refractivity contribution in [1.82, 2.24) is 0 Å². The zero-order valence-corrected chi connectivity index (χ0v) is 10.6. The molecule has 0 aliphatic carbocycles. The smallest absolute Gasteiger partial charge is 0.0798 e. The van der Waals surface area contributed by atoms with Crippen molar-refractivity contribution in [2.75, 3.05) is 5.75 Å². The second kappa shape index (κ2) is 6.19. The van der Waals surface area contributed by atoms with Crippen LogP contribution in [0.3, 0.4) is 0 Å². The van der Waals surface area contributed by atoms with Crippen LogP contribution in [-0.4, -0.2) is 10.9 Å². The summed E-state index contributed by atoms with van der Waals surface area (Å²) in [5.41, 5.74) is 2.31. The first-order valence-electron chi connectivity index (χ1n) is 5.60. The average Bonchev–Trinajstić information content (AvgIpc) is 2.26. The quantitative estimate of drug-likeness (QED) is 0.764. The van der Waals surface area contributed by atoms with E-state index in [1.807, 2.05) is 18.7 Å². The highest BCUT2D eigenvalue weighted by Crippen LogP contribution is 2.30. The van der Waals surface area contributed by atoms with Crippen molar-refractivity contribution in [2.45, 2.75) is 44.6 Å². The van der Waals surface area contributed by atoms with E-state index in [1.165, 1.54) is 16.9 Å². The molecule has 0 fully saturated rings. The summed E-state index contributed by atoms with van der Waals surface area (Å²) in [5, 5.41) is 9.92. The Morgan fingerprint density at radius 3 is 2.67 bits per heavy atom. The lowest BCUT2D eigenvalue weighted by atomic mass is 10.1. The van der Waals surface area contributed by atoms with Crippen LogP contribution < -0.4 is 0 Å². The predicted molar refractivity (Wildman–Crippen MR) is 67.4 cm³/mol. The largest absolute Gasteiger partial charge is 0.388 e. The molecular weight excluding hydrogens is 204 g/mol. The summed E-state index contributed by atoms with van der Waals surface area (Å²) in [4.78, 5) is 1.23. The Morgan fingerprint density at radius 1 is 1.33 bits per heavy atom. The standard InChI is InChI=1S/C13H20OS/c1-4-8-15-13-7-6-10(3)9-11(13)12(14)5-2/h6-7,9,12,14H,4-5,8H2,1-3H3. The molecule has 0 aliphatic heterocycles. The van der Waals surface area contributed by atoms with Crippen molar-refractivity contribution in [3.8, 4) is 0 Å². The molecular formula is C13H20OS. The molecule has 1 rings (SSSR count). The third-order valence-electron chi connectivity index (χ3n) is 2.37. The van der Waals surface area contributed by atoms with Gasteiger partial charge in [0.05, 0.1) is 6.10 Å². The summed E-state index contributed by atoms with van der Waals surface area (Å²) in [6, 6.07) is 6.35. The molecule has 0 heterocycles. The molecule has 1 nitrogen and oxygen atoms in total. The van der Waals surface area contributed by atoms with E-state index in [9.17, 15) is 5.11 Å². The number of aryl methyl sites for hydroxylation is 1. The summed E-state index contributed by atoms with van der Waals surface area (Å²) >= 11 is 1.84. The van der Waals surface area contributed by atoms with Crippen LogP contribution in [-0.2, 0) is 0 Å². The number of aliphatic hydroxyl groups excluding tert-OH is 1. The number of benzene rings is 1. The van der Waals surface area contributed by atoms with Crippen molar-refractivity contribution in [1.29, 1.82) is 0 Å². The molecule has 0 saturated carbocycles. The number of aliphatic hydroxyl groups is 1. The van der Waals surface area contributed by atoms with Gasteiger partial charge in [-0.2, -0.15) is 0 Å². The van der Waals surface area contributed by atoms with Crippen LogP contribution in [0.1, 0.15) is 43.9 Å². The molecule has 0 aliphatic rings. The monoisotopic (exact) mass is 224 g/mol. The van der Waals surface area contributed by atoms with Gasteiger partial charge < -0.3 is 5.11 Å². The van der Waals surface area contributed by atoms with Crippen molar-refractivity contribution in [2.24, 2.45) is 0 Å². The van der Waals surface area contributed by atoms with Crippen molar-refractivity contribution >= 4 is 11.8 Å². The van der Waals surface area contributed by atoms with Crippen molar-refractivity contribution < 1.29 is 5.11 Å². The Hall–Kier alpha value is -0.470. The topological polar surface area (TPSA) is 20.2 Å². The van der Waals surface area contributed by atoms with Gasteiger partial charge in [0, 0.05) is 4.90 Å². The minimum Gasteiger partial charge on any atom is -0.388 e. The minimum atomic E-state index is -0.316. The fourth-order valence-electron chi connectivity index (χ4n) is 1.49. The van der Waals surface area contributed by atoms with Gasteiger partial charge in [-0.15, -0.1) is 11.8 Å². The number of thioether (sulfide) groups is 1. The van der Waals surface area contributed by atoms with E-state index in [0.29, 0.717) is 0 Å². The SMILES string of the molecule is CCCSc1ccc(C)cc1C(O)CC. The van der Waals surface area contributed by atoms with Gasteiger partial charge in [-0.3, -0.25) is 0 Å². The Balaban J connectivity index is 2.92. The van der Waals surface area contributed by atoms with Gasteiger partial charge in [0.25, 0.3) is 0 Å². The summed E-state index contributed by atoms with van der Waals surface area (Å²) in [6.45, 7) is 6.26. The zero-order valence-electron chi connectivity index (χ0n) is 9.79. The van der Waals surface area contributed by atoms with Crippen LogP contribution in [0.15, 0.2) is 23.1 Å². The van der Waals surface area contributed by atoms with E-state index >= 15 is 0 Å². The first kappa shape index (κ1) is 12.6. The van der Waals surface area contributed by atoms with E-state index in [4.69, 9.17) is 0 Å². The second-order valence-corrected chi connectivity index (χ2v) is 4.95. The lowest BCUT2D eigenvalue weighted by Crippen LogP contribution is -1.98. The molecule has 1 N–H and O–H groups in total. The first-order valence-corrected chi connectivity index (χ1v) is 6.59. The highest BCUT2D eigenvalue weighted by Gasteiger charge is 2.10. The molecule has 1 atom stereocenters. The van der Waals surface area contributed by atoms with Gasteiger partial charge in [-0.25, -0.2) is 0 Å². The van der Waals surface area contributed by atoms with Crippen LogP contribution in [0.2, 0.25) is 0 Å². The maximum atomic E-state index is 9.92. The lowest BCUT2D eigenvalue weighted by molar-refractivity contribution is 0.171. The minimum absolute atomic E-state index is 0.316. The van der Waals surface area contributed by atoms with Gasteiger partial charge in [-0.1, -0.05) is 31.5 Å². The van der Waals surface area contributed by atoms with Gasteiger partial charge in [0.15, 0.2) is 0 Å². The molecule has 0 amide bonds. The highest BCUT2D eigenvalue weighted by atomic mass is 32.2. The van der Waals surface area contributed by atoms with E-state index in [2.05, 4.69) is 32.0 Å². The third kappa shape index (κ3) is 3.54. The first-order chi connectivity index (χ1) is 7.19. The zero-order chi connectivity index (χ0) is 11.3. The fourth-order valence-corrected chi connectivity index (χ4v) is 2.44. The highest BCUT2D eigenvalue weighted by molar-refractivity contribution is 7.99. The fraction of sp³-hybridized carbons (Fsp3) is 0.538. The number of hydrogen-bond acceptors (Lipinski definition) is 2. The summed E-state index contributed by atoms with van der Waals surface area (Å²) in [7, 11) is 0. The molecule has 0 spiro atoms. The molecule has 84 valence electrons. The predicted octanol–water partition coefficient (Wildman–Crippen LogP) is 3.94. The van der Waals surface area contributed by atoms with Gasteiger partial charge >= 0.3 is 0 Å². The van der Waals surface area contributed by atoms with Crippen LogP contribution in [0.4, 0.5) is 0 Å².